The zero-order valence-corrected chi connectivity index (χ0v) is 13.2. The van der Waals surface area contributed by atoms with E-state index in [2.05, 4.69) is 26.3 Å². The zero-order valence-electron chi connectivity index (χ0n) is 11.6. The van der Waals surface area contributed by atoms with E-state index in [1.807, 2.05) is 17.8 Å². The van der Waals surface area contributed by atoms with Gasteiger partial charge in [-0.1, -0.05) is 0 Å². The van der Waals surface area contributed by atoms with Gasteiger partial charge in [-0.3, -0.25) is 9.58 Å². The molecular weight excluding hydrogens is 337 g/mol. The van der Waals surface area contributed by atoms with Crippen molar-refractivity contribution < 1.29 is 13.2 Å². The first-order chi connectivity index (χ1) is 9.26. The van der Waals surface area contributed by atoms with Crippen LogP contribution in [0.25, 0.3) is 0 Å². The van der Waals surface area contributed by atoms with Crippen LogP contribution < -0.4 is 5.32 Å². The van der Waals surface area contributed by atoms with Gasteiger partial charge < -0.3 is 5.32 Å². The summed E-state index contributed by atoms with van der Waals surface area (Å²) in [4.78, 5) is 1.29. The van der Waals surface area contributed by atoms with Gasteiger partial charge in [-0.25, -0.2) is 0 Å². The molecule has 0 aliphatic carbocycles. The van der Waals surface area contributed by atoms with Gasteiger partial charge in [-0.2, -0.15) is 18.3 Å². The number of hydrogen-bond donors (Lipinski definition) is 1. The maximum atomic E-state index is 12.1. The molecule has 0 radical (unpaired) electrons. The highest BCUT2D eigenvalue weighted by Gasteiger charge is 2.28. The number of alkyl halides is 3. The molecule has 0 spiro atoms. The highest BCUT2D eigenvalue weighted by atomic mass is 79.9. The lowest BCUT2D eigenvalue weighted by atomic mass is 10.3. The number of aromatic nitrogens is 2. The van der Waals surface area contributed by atoms with E-state index in [0.29, 0.717) is 19.5 Å². The molecule has 0 amide bonds. The average molecular weight is 357 g/mol. The molecule has 1 rings (SSSR count). The largest absolute Gasteiger partial charge is 0.401 e. The van der Waals surface area contributed by atoms with Crippen LogP contribution in [0.2, 0.25) is 0 Å². The predicted octanol–water partition coefficient (Wildman–Crippen LogP) is 2.51. The normalized spacial score (nSPS) is 13.9. The molecule has 0 aliphatic rings. The van der Waals surface area contributed by atoms with Crippen LogP contribution in [0.3, 0.4) is 0 Å². The van der Waals surface area contributed by atoms with E-state index in [1.54, 1.807) is 6.20 Å². The lowest BCUT2D eigenvalue weighted by molar-refractivity contribution is -0.143. The number of rotatable bonds is 8. The summed E-state index contributed by atoms with van der Waals surface area (Å²) in [6.45, 7) is 3.00. The third-order valence-electron chi connectivity index (χ3n) is 2.72. The molecule has 1 atom stereocenters. The summed E-state index contributed by atoms with van der Waals surface area (Å²) < 4.78 is 39.1. The van der Waals surface area contributed by atoms with Crippen molar-refractivity contribution in [3.8, 4) is 0 Å². The van der Waals surface area contributed by atoms with Gasteiger partial charge in [-0.05, 0) is 49.4 Å². The fourth-order valence-electron chi connectivity index (χ4n) is 1.87. The molecule has 1 unspecified atom stereocenters. The van der Waals surface area contributed by atoms with Crippen LogP contribution in [0.1, 0.15) is 13.3 Å². The van der Waals surface area contributed by atoms with Crippen molar-refractivity contribution in [1.29, 1.82) is 0 Å². The van der Waals surface area contributed by atoms with E-state index >= 15 is 0 Å². The quantitative estimate of drug-likeness (QED) is 0.726. The molecule has 1 aromatic heterocycles. The number of nitrogens with one attached hydrogen (secondary N) is 1. The van der Waals surface area contributed by atoms with Crippen LogP contribution in [-0.4, -0.2) is 53.6 Å². The van der Waals surface area contributed by atoms with Gasteiger partial charge in [0.05, 0.1) is 23.8 Å². The van der Waals surface area contributed by atoms with Gasteiger partial charge >= 0.3 is 6.18 Å². The number of nitrogens with zero attached hydrogens (tertiary/aromatic N) is 3. The summed E-state index contributed by atoms with van der Waals surface area (Å²) in [5.41, 5.74) is 0. The summed E-state index contributed by atoms with van der Waals surface area (Å²) in [6.07, 6.45) is 0.163. The Morgan fingerprint density at radius 2 is 2.20 bits per heavy atom. The first-order valence-corrected chi connectivity index (χ1v) is 7.22. The lowest BCUT2D eigenvalue weighted by Crippen LogP contribution is -2.35. The van der Waals surface area contributed by atoms with Crippen molar-refractivity contribution in [2.45, 2.75) is 32.1 Å². The Hall–Kier alpha value is -0.600. The monoisotopic (exact) mass is 356 g/mol. The fourth-order valence-corrected chi connectivity index (χ4v) is 2.19. The van der Waals surface area contributed by atoms with E-state index in [4.69, 9.17) is 0 Å². The van der Waals surface area contributed by atoms with Crippen LogP contribution in [0.15, 0.2) is 16.9 Å². The van der Waals surface area contributed by atoms with Gasteiger partial charge in [0.25, 0.3) is 0 Å². The third-order valence-corrected chi connectivity index (χ3v) is 3.13. The van der Waals surface area contributed by atoms with Gasteiger partial charge in [0, 0.05) is 12.2 Å². The topological polar surface area (TPSA) is 33.1 Å². The van der Waals surface area contributed by atoms with Gasteiger partial charge in [0.15, 0.2) is 0 Å². The maximum Gasteiger partial charge on any atom is 0.401 e. The molecular formula is C12H20BrF3N4. The van der Waals surface area contributed by atoms with Crippen LogP contribution in [-0.2, 0) is 6.54 Å². The molecule has 1 heterocycles. The van der Waals surface area contributed by atoms with E-state index in [9.17, 15) is 13.2 Å². The Bertz CT molecular complexity index is 394. The Labute approximate surface area is 125 Å². The Morgan fingerprint density at radius 3 is 2.75 bits per heavy atom. The van der Waals surface area contributed by atoms with E-state index in [-0.39, 0.29) is 6.04 Å². The highest BCUT2D eigenvalue weighted by Crippen LogP contribution is 2.15. The summed E-state index contributed by atoms with van der Waals surface area (Å²) >= 11 is 3.32. The number of halogens is 4. The van der Waals surface area contributed by atoms with E-state index in [0.717, 1.165) is 11.0 Å². The van der Waals surface area contributed by atoms with Crippen molar-refractivity contribution in [3.05, 3.63) is 16.9 Å². The summed E-state index contributed by atoms with van der Waals surface area (Å²) in [7, 11) is 1.48. The second-order valence-corrected chi connectivity index (χ2v) is 5.86. The summed E-state index contributed by atoms with van der Waals surface area (Å²) in [5, 5.41) is 7.42. The molecule has 0 saturated heterocycles. The molecule has 116 valence electrons. The Balaban J connectivity index is 2.11. The molecule has 0 aliphatic heterocycles. The smallest absolute Gasteiger partial charge is 0.312 e. The second kappa shape index (κ2) is 7.99. The van der Waals surface area contributed by atoms with Crippen molar-refractivity contribution in [2.24, 2.45) is 0 Å². The van der Waals surface area contributed by atoms with Gasteiger partial charge in [-0.15, -0.1) is 0 Å². The van der Waals surface area contributed by atoms with Crippen molar-refractivity contribution >= 4 is 15.9 Å². The first kappa shape index (κ1) is 17.5. The minimum absolute atomic E-state index is 0.217. The molecule has 20 heavy (non-hydrogen) atoms. The van der Waals surface area contributed by atoms with E-state index < -0.39 is 12.7 Å². The summed E-state index contributed by atoms with van der Waals surface area (Å²) in [6, 6.07) is 0.217. The average Bonchev–Trinajstić information content (AvgIpc) is 2.68. The predicted molar refractivity (Wildman–Crippen MR) is 75.6 cm³/mol. The molecule has 0 saturated carbocycles. The fraction of sp³-hybridized carbons (Fsp3) is 0.750. The Morgan fingerprint density at radius 1 is 1.50 bits per heavy atom. The van der Waals surface area contributed by atoms with E-state index in [1.165, 1.54) is 11.9 Å². The molecule has 8 heteroatoms. The van der Waals surface area contributed by atoms with Crippen LogP contribution in [0.5, 0.6) is 0 Å². The van der Waals surface area contributed by atoms with Crippen LogP contribution in [0.4, 0.5) is 13.2 Å². The number of hydrogen-bond acceptors (Lipinski definition) is 3. The molecule has 1 aromatic rings. The Kier molecular flexibility index (Phi) is 6.97. The standard InChI is InChI=1S/C12H20BrF3N4/c1-10(7-20-8-11(13)6-18-20)17-4-3-5-19(2)9-12(14,15)16/h6,8,10,17H,3-5,7,9H2,1-2H3. The minimum Gasteiger partial charge on any atom is -0.312 e. The van der Waals surface area contributed by atoms with Crippen molar-refractivity contribution in [1.82, 2.24) is 20.0 Å². The highest BCUT2D eigenvalue weighted by molar-refractivity contribution is 9.10. The maximum absolute atomic E-state index is 12.1. The third kappa shape index (κ3) is 7.86. The first-order valence-electron chi connectivity index (χ1n) is 6.43. The SMILES string of the molecule is CC(Cn1cc(Br)cn1)NCCCN(C)CC(F)(F)F. The van der Waals surface area contributed by atoms with Crippen molar-refractivity contribution in [3.63, 3.8) is 0 Å². The van der Waals surface area contributed by atoms with Crippen LogP contribution >= 0.6 is 15.9 Å². The van der Waals surface area contributed by atoms with Gasteiger partial charge in [0.1, 0.15) is 0 Å². The molecule has 1 N–H and O–H groups in total. The van der Waals surface area contributed by atoms with Crippen molar-refractivity contribution in [2.75, 3.05) is 26.7 Å². The van der Waals surface area contributed by atoms with Crippen LogP contribution in [0, 0.1) is 0 Å². The minimum atomic E-state index is -4.12. The molecule has 0 bridgehead atoms. The molecule has 0 aromatic carbocycles. The zero-order chi connectivity index (χ0) is 15.2. The van der Waals surface area contributed by atoms with Gasteiger partial charge in [0.2, 0.25) is 0 Å². The molecule has 4 nitrogen and oxygen atoms in total. The second-order valence-electron chi connectivity index (χ2n) is 4.94. The summed E-state index contributed by atoms with van der Waals surface area (Å²) in [5.74, 6) is 0. The molecule has 0 fully saturated rings. The lowest BCUT2D eigenvalue weighted by Gasteiger charge is -2.19.